The molecule has 0 spiro atoms. The van der Waals surface area contributed by atoms with Gasteiger partial charge in [0.05, 0.1) is 18.1 Å². The smallest absolute Gasteiger partial charge is 0.297 e. The molecule has 0 atom stereocenters. The van der Waals surface area contributed by atoms with Crippen LogP contribution in [0.5, 0.6) is 0 Å². The first-order valence-corrected chi connectivity index (χ1v) is 9.02. The summed E-state index contributed by atoms with van der Waals surface area (Å²) in [6.45, 7) is 3.02. The molecule has 118 valence electrons. The lowest BCUT2D eigenvalue weighted by Crippen LogP contribution is -2.17. The largest absolute Gasteiger partial charge is 0.379 e. The van der Waals surface area contributed by atoms with Gasteiger partial charge in [0.15, 0.2) is 0 Å². The van der Waals surface area contributed by atoms with Gasteiger partial charge < -0.3 is 4.74 Å². The minimum atomic E-state index is -3.66. The molecule has 0 saturated heterocycles. The predicted octanol–water partition coefficient (Wildman–Crippen LogP) is 3.30. The average Bonchev–Trinajstić information content (AvgIpc) is 2.48. The Balaban J connectivity index is 1.68. The Kier molecular flexibility index (Phi) is 6.21. The molecule has 0 aromatic heterocycles. The van der Waals surface area contributed by atoms with Crippen molar-refractivity contribution in [3.63, 3.8) is 0 Å². The quantitative estimate of drug-likeness (QED) is 0.572. The third-order valence-corrected chi connectivity index (χ3v) is 5.18. The van der Waals surface area contributed by atoms with Crippen LogP contribution in [-0.2, 0) is 19.0 Å². The van der Waals surface area contributed by atoms with E-state index < -0.39 is 10.1 Å². The zero-order chi connectivity index (χ0) is 15.1. The van der Waals surface area contributed by atoms with Gasteiger partial charge in [-0.3, -0.25) is 4.18 Å². The standard InChI is InChI=1S/C16H24O4S/c1-14-7-9-16(10-8-14)21(17,18)20-12-11-19-13-15-5-3-2-4-6-15/h7-10,15H,2-6,11-13H2,1H3. The number of ether oxygens (including phenoxy) is 1. The van der Waals surface area contributed by atoms with Crippen molar-refractivity contribution < 1.29 is 17.3 Å². The first kappa shape index (κ1) is 16.5. The molecule has 21 heavy (non-hydrogen) atoms. The highest BCUT2D eigenvalue weighted by Gasteiger charge is 2.16. The van der Waals surface area contributed by atoms with Crippen LogP contribution in [0.15, 0.2) is 29.2 Å². The van der Waals surface area contributed by atoms with Crippen LogP contribution in [-0.4, -0.2) is 28.2 Å². The van der Waals surface area contributed by atoms with Crippen LogP contribution in [0.3, 0.4) is 0 Å². The zero-order valence-electron chi connectivity index (χ0n) is 12.6. The molecule has 0 N–H and O–H groups in total. The second-order valence-electron chi connectivity index (χ2n) is 5.67. The van der Waals surface area contributed by atoms with Crippen LogP contribution in [0.1, 0.15) is 37.7 Å². The average molecular weight is 312 g/mol. The maximum Gasteiger partial charge on any atom is 0.297 e. The molecular weight excluding hydrogens is 288 g/mol. The molecule has 1 saturated carbocycles. The summed E-state index contributed by atoms with van der Waals surface area (Å²) in [7, 11) is -3.66. The highest BCUT2D eigenvalue weighted by atomic mass is 32.2. The lowest BCUT2D eigenvalue weighted by molar-refractivity contribution is 0.0648. The lowest BCUT2D eigenvalue weighted by Gasteiger charge is -2.21. The van der Waals surface area contributed by atoms with Crippen molar-refractivity contribution in [2.24, 2.45) is 5.92 Å². The van der Waals surface area contributed by atoms with Gasteiger partial charge in [-0.25, -0.2) is 0 Å². The van der Waals surface area contributed by atoms with Crippen molar-refractivity contribution >= 4 is 10.1 Å². The Labute approximate surface area is 127 Å². The Morgan fingerprint density at radius 1 is 1.05 bits per heavy atom. The highest BCUT2D eigenvalue weighted by Crippen LogP contribution is 2.23. The van der Waals surface area contributed by atoms with Gasteiger partial charge in [-0.1, -0.05) is 37.0 Å². The number of rotatable bonds is 7. The summed E-state index contributed by atoms with van der Waals surface area (Å²) in [6.07, 6.45) is 6.35. The van der Waals surface area contributed by atoms with Crippen molar-refractivity contribution in [2.75, 3.05) is 19.8 Å². The van der Waals surface area contributed by atoms with E-state index in [1.54, 1.807) is 24.3 Å². The maximum absolute atomic E-state index is 11.9. The third kappa shape index (κ3) is 5.41. The predicted molar refractivity (Wildman–Crippen MR) is 81.7 cm³/mol. The Bertz CT molecular complexity index is 516. The molecule has 5 heteroatoms. The van der Waals surface area contributed by atoms with Crippen LogP contribution in [0.2, 0.25) is 0 Å². The minimum absolute atomic E-state index is 0.0724. The van der Waals surface area contributed by atoms with Gasteiger partial charge in [-0.05, 0) is 37.8 Å². The van der Waals surface area contributed by atoms with E-state index in [1.807, 2.05) is 6.92 Å². The third-order valence-electron chi connectivity index (χ3n) is 3.85. The Hall–Kier alpha value is -0.910. The van der Waals surface area contributed by atoms with Crippen molar-refractivity contribution in [2.45, 2.75) is 43.9 Å². The molecule has 0 heterocycles. The monoisotopic (exact) mass is 312 g/mol. The summed E-state index contributed by atoms with van der Waals surface area (Å²) < 4.78 is 34.4. The summed E-state index contributed by atoms with van der Waals surface area (Å²) >= 11 is 0. The molecule has 0 aliphatic heterocycles. The van der Waals surface area contributed by atoms with E-state index in [2.05, 4.69) is 0 Å². The lowest BCUT2D eigenvalue weighted by atomic mass is 9.90. The summed E-state index contributed by atoms with van der Waals surface area (Å²) in [5, 5.41) is 0. The fourth-order valence-electron chi connectivity index (χ4n) is 2.58. The van der Waals surface area contributed by atoms with E-state index >= 15 is 0 Å². The van der Waals surface area contributed by atoms with Crippen LogP contribution < -0.4 is 0 Å². The van der Waals surface area contributed by atoms with Gasteiger partial charge in [0.25, 0.3) is 10.1 Å². The van der Waals surface area contributed by atoms with E-state index in [1.165, 1.54) is 32.1 Å². The second kappa shape index (κ2) is 7.92. The van der Waals surface area contributed by atoms with E-state index in [4.69, 9.17) is 8.92 Å². The summed E-state index contributed by atoms with van der Waals surface area (Å²) in [4.78, 5) is 0.195. The number of hydrogen-bond acceptors (Lipinski definition) is 4. The number of benzene rings is 1. The molecule has 4 nitrogen and oxygen atoms in total. The molecule has 2 rings (SSSR count). The van der Waals surface area contributed by atoms with E-state index in [9.17, 15) is 8.42 Å². The molecular formula is C16H24O4S. The highest BCUT2D eigenvalue weighted by molar-refractivity contribution is 7.86. The van der Waals surface area contributed by atoms with Gasteiger partial charge in [-0.2, -0.15) is 8.42 Å². The van der Waals surface area contributed by atoms with E-state index in [0.29, 0.717) is 19.1 Å². The van der Waals surface area contributed by atoms with Crippen molar-refractivity contribution in [1.82, 2.24) is 0 Å². The Morgan fingerprint density at radius 2 is 1.71 bits per heavy atom. The van der Waals surface area contributed by atoms with Crippen LogP contribution in [0.25, 0.3) is 0 Å². The van der Waals surface area contributed by atoms with E-state index in [-0.39, 0.29) is 11.5 Å². The summed E-state index contributed by atoms with van der Waals surface area (Å²) in [5.74, 6) is 0.632. The molecule has 1 fully saturated rings. The van der Waals surface area contributed by atoms with Gasteiger partial charge in [-0.15, -0.1) is 0 Å². The molecule has 0 radical (unpaired) electrons. The zero-order valence-corrected chi connectivity index (χ0v) is 13.4. The van der Waals surface area contributed by atoms with Gasteiger partial charge >= 0.3 is 0 Å². The van der Waals surface area contributed by atoms with Gasteiger partial charge in [0.2, 0.25) is 0 Å². The topological polar surface area (TPSA) is 52.6 Å². The first-order valence-electron chi connectivity index (χ1n) is 7.62. The normalized spacial score (nSPS) is 17.0. The van der Waals surface area contributed by atoms with Crippen LogP contribution >= 0.6 is 0 Å². The minimum Gasteiger partial charge on any atom is -0.379 e. The maximum atomic E-state index is 11.9. The molecule has 0 amide bonds. The molecule has 1 aliphatic rings. The fourth-order valence-corrected chi connectivity index (χ4v) is 3.47. The molecule has 1 aromatic carbocycles. The molecule has 0 bridgehead atoms. The van der Waals surface area contributed by atoms with Crippen molar-refractivity contribution in [3.05, 3.63) is 29.8 Å². The van der Waals surface area contributed by atoms with Crippen LogP contribution in [0, 0.1) is 12.8 Å². The summed E-state index contributed by atoms with van der Waals surface area (Å²) in [6, 6.07) is 6.65. The van der Waals surface area contributed by atoms with Crippen LogP contribution in [0.4, 0.5) is 0 Å². The summed E-state index contributed by atoms with van der Waals surface area (Å²) in [5.41, 5.74) is 1.02. The van der Waals surface area contributed by atoms with E-state index in [0.717, 1.165) is 5.56 Å². The second-order valence-corrected chi connectivity index (χ2v) is 7.28. The van der Waals surface area contributed by atoms with Gasteiger partial charge in [0.1, 0.15) is 0 Å². The molecule has 1 aromatic rings. The SMILES string of the molecule is Cc1ccc(S(=O)(=O)OCCOCC2CCCCC2)cc1. The van der Waals surface area contributed by atoms with Crippen molar-refractivity contribution in [3.8, 4) is 0 Å². The van der Waals surface area contributed by atoms with Gasteiger partial charge in [0, 0.05) is 6.61 Å². The number of hydrogen-bond donors (Lipinski definition) is 0. The first-order chi connectivity index (χ1) is 10.1. The molecule has 1 aliphatic carbocycles. The Morgan fingerprint density at radius 3 is 2.38 bits per heavy atom. The van der Waals surface area contributed by atoms with Crippen molar-refractivity contribution in [1.29, 1.82) is 0 Å². The fraction of sp³-hybridized carbons (Fsp3) is 0.625. The molecule has 0 unspecified atom stereocenters. The number of aryl methyl sites for hydroxylation is 1.